The zero-order valence-electron chi connectivity index (χ0n) is 6.13. The van der Waals surface area contributed by atoms with E-state index in [4.69, 9.17) is 0 Å². The summed E-state index contributed by atoms with van der Waals surface area (Å²) in [5.74, 6) is 0.682. The van der Waals surface area contributed by atoms with Crippen molar-refractivity contribution in [2.24, 2.45) is 15.3 Å². The minimum Gasteiger partial charge on any atom is -0.267 e. The highest BCUT2D eigenvalue weighted by molar-refractivity contribution is 5.99. The molecule has 4 heteroatoms. The molecule has 1 N–H and O–H groups in total. The number of allylic oxidation sites excluding steroid dienone is 1. The van der Waals surface area contributed by atoms with Crippen LogP contribution in [0.4, 0.5) is 0 Å². The quantitative estimate of drug-likeness (QED) is 0.583. The molecule has 0 aromatic rings. The smallest absolute Gasteiger partial charge is 0.196 e. The standard InChI is InChI=1S/C6H10N4/c1-3-4-5-6(7-2)9-10-8-5/h4H,3H2,1-2H3,(H,7,8,9)/b5-4+. The average Bonchev–Trinajstić information content (AvgIpc) is 2.36. The highest BCUT2D eigenvalue weighted by Crippen LogP contribution is 2.04. The molecule has 0 aliphatic carbocycles. The van der Waals surface area contributed by atoms with Crippen LogP contribution in [0.3, 0.4) is 0 Å². The van der Waals surface area contributed by atoms with Crippen LogP contribution in [0.25, 0.3) is 0 Å². The molecule has 0 saturated heterocycles. The van der Waals surface area contributed by atoms with Gasteiger partial charge in [-0.05, 0) is 6.42 Å². The lowest BCUT2D eigenvalue weighted by molar-refractivity contribution is 0.903. The van der Waals surface area contributed by atoms with E-state index < -0.39 is 0 Å². The van der Waals surface area contributed by atoms with E-state index in [0.29, 0.717) is 5.84 Å². The monoisotopic (exact) mass is 138 g/mol. The van der Waals surface area contributed by atoms with Crippen molar-refractivity contribution in [3.05, 3.63) is 11.8 Å². The van der Waals surface area contributed by atoms with Gasteiger partial charge in [0.2, 0.25) is 0 Å². The van der Waals surface area contributed by atoms with Crippen LogP contribution in [0.5, 0.6) is 0 Å². The van der Waals surface area contributed by atoms with Gasteiger partial charge in [0, 0.05) is 7.05 Å². The van der Waals surface area contributed by atoms with Crippen LogP contribution in [0.15, 0.2) is 27.1 Å². The predicted octanol–water partition coefficient (Wildman–Crippen LogP) is 1.28. The van der Waals surface area contributed by atoms with Crippen molar-refractivity contribution in [1.29, 1.82) is 0 Å². The Bertz CT molecular complexity index is 202. The fourth-order valence-electron chi connectivity index (χ4n) is 0.736. The Hall–Kier alpha value is -1.19. The van der Waals surface area contributed by atoms with Gasteiger partial charge in [-0.25, -0.2) is 0 Å². The molecular formula is C6H10N4. The molecule has 1 heterocycles. The maximum Gasteiger partial charge on any atom is 0.196 e. The van der Waals surface area contributed by atoms with Crippen molar-refractivity contribution in [2.75, 3.05) is 7.05 Å². The zero-order valence-corrected chi connectivity index (χ0v) is 6.13. The second-order valence-electron chi connectivity index (χ2n) is 1.89. The Kier molecular flexibility index (Phi) is 2.15. The summed E-state index contributed by atoms with van der Waals surface area (Å²) in [7, 11) is 1.70. The largest absolute Gasteiger partial charge is 0.267 e. The fraction of sp³-hybridized carbons (Fsp3) is 0.500. The number of hydrogen-bond donors (Lipinski definition) is 1. The van der Waals surface area contributed by atoms with Gasteiger partial charge in [0.1, 0.15) is 5.70 Å². The zero-order chi connectivity index (χ0) is 7.40. The number of hydrogen-bond acceptors (Lipinski definition) is 3. The van der Waals surface area contributed by atoms with E-state index >= 15 is 0 Å². The molecule has 1 aliphatic heterocycles. The first-order valence-corrected chi connectivity index (χ1v) is 3.22. The third-order valence-corrected chi connectivity index (χ3v) is 1.18. The number of nitrogens with zero attached hydrogens (tertiary/aromatic N) is 3. The Morgan fingerprint density at radius 1 is 1.70 bits per heavy atom. The van der Waals surface area contributed by atoms with Gasteiger partial charge in [-0.3, -0.25) is 10.4 Å². The maximum absolute atomic E-state index is 3.91. The van der Waals surface area contributed by atoms with Crippen molar-refractivity contribution in [3.8, 4) is 0 Å². The summed E-state index contributed by atoms with van der Waals surface area (Å²) in [6.07, 6.45) is 2.97. The van der Waals surface area contributed by atoms with Gasteiger partial charge in [0.05, 0.1) is 0 Å². The van der Waals surface area contributed by atoms with Gasteiger partial charge < -0.3 is 0 Å². The average molecular weight is 138 g/mol. The molecule has 4 nitrogen and oxygen atoms in total. The van der Waals surface area contributed by atoms with Crippen LogP contribution in [0, 0.1) is 0 Å². The molecule has 0 fully saturated rings. The van der Waals surface area contributed by atoms with E-state index in [1.165, 1.54) is 0 Å². The normalized spacial score (nSPS) is 24.2. The summed E-state index contributed by atoms with van der Waals surface area (Å²) in [5, 5.41) is 7.36. The van der Waals surface area contributed by atoms with Crippen LogP contribution >= 0.6 is 0 Å². The van der Waals surface area contributed by atoms with E-state index in [9.17, 15) is 0 Å². The lowest BCUT2D eigenvalue weighted by atomic mass is 10.3. The Balaban J connectivity index is 2.75. The Labute approximate surface area is 59.7 Å². The van der Waals surface area contributed by atoms with Gasteiger partial charge in [-0.2, -0.15) is 0 Å². The van der Waals surface area contributed by atoms with Crippen molar-refractivity contribution < 1.29 is 0 Å². The fourth-order valence-corrected chi connectivity index (χ4v) is 0.736. The SMILES string of the molecule is CC/C=C1/NN=NC1=NC. The van der Waals surface area contributed by atoms with Crippen molar-refractivity contribution in [1.82, 2.24) is 5.43 Å². The van der Waals surface area contributed by atoms with Crippen molar-refractivity contribution in [2.45, 2.75) is 13.3 Å². The van der Waals surface area contributed by atoms with E-state index in [0.717, 1.165) is 12.1 Å². The number of rotatable bonds is 1. The molecule has 0 bridgehead atoms. The van der Waals surface area contributed by atoms with Crippen LogP contribution < -0.4 is 5.43 Å². The van der Waals surface area contributed by atoms with Gasteiger partial charge in [0.25, 0.3) is 0 Å². The molecular weight excluding hydrogens is 128 g/mol. The molecule has 0 amide bonds. The van der Waals surface area contributed by atoms with Crippen LogP contribution in [-0.4, -0.2) is 12.9 Å². The molecule has 0 aromatic carbocycles. The van der Waals surface area contributed by atoms with Gasteiger partial charge >= 0.3 is 0 Å². The predicted molar refractivity (Wildman–Crippen MR) is 39.7 cm³/mol. The topological polar surface area (TPSA) is 49.1 Å². The summed E-state index contributed by atoms with van der Waals surface area (Å²) in [4.78, 5) is 3.91. The summed E-state index contributed by atoms with van der Waals surface area (Å²) in [5.41, 5.74) is 3.65. The second-order valence-corrected chi connectivity index (χ2v) is 1.89. The van der Waals surface area contributed by atoms with E-state index in [-0.39, 0.29) is 0 Å². The first-order valence-electron chi connectivity index (χ1n) is 3.22. The molecule has 0 atom stereocenters. The van der Waals surface area contributed by atoms with Crippen molar-refractivity contribution >= 4 is 5.84 Å². The molecule has 0 spiro atoms. The van der Waals surface area contributed by atoms with Crippen LogP contribution in [0.1, 0.15) is 13.3 Å². The molecule has 0 aromatic heterocycles. The van der Waals surface area contributed by atoms with E-state index in [2.05, 4.69) is 27.7 Å². The Morgan fingerprint density at radius 3 is 3.10 bits per heavy atom. The van der Waals surface area contributed by atoms with Crippen LogP contribution in [-0.2, 0) is 0 Å². The minimum absolute atomic E-state index is 0.682. The lowest BCUT2D eigenvalue weighted by Gasteiger charge is -1.92. The summed E-state index contributed by atoms with van der Waals surface area (Å²) >= 11 is 0. The van der Waals surface area contributed by atoms with Gasteiger partial charge in [-0.15, -0.1) is 5.11 Å². The summed E-state index contributed by atoms with van der Waals surface area (Å²) in [6, 6.07) is 0. The second kappa shape index (κ2) is 3.10. The van der Waals surface area contributed by atoms with Gasteiger partial charge in [-0.1, -0.05) is 18.2 Å². The molecule has 0 saturated carbocycles. The summed E-state index contributed by atoms with van der Waals surface area (Å²) in [6.45, 7) is 2.06. The molecule has 0 radical (unpaired) electrons. The highest BCUT2D eigenvalue weighted by Gasteiger charge is 2.08. The maximum atomic E-state index is 3.91. The van der Waals surface area contributed by atoms with Gasteiger partial charge in [0.15, 0.2) is 5.84 Å². The Morgan fingerprint density at radius 2 is 2.50 bits per heavy atom. The highest BCUT2D eigenvalue weighted by atomic mass is 15.5. The van der Waals surface area contributed by atoms with Crippen LogP contribution in [0.2, 0.25) is 0 Å². The molecule has 0 unspecified atom stereocenters. The number of nitrogens with one attached hydrogen (secondary N) is 1. The summed E-state index contributed by atoms with van der Waals surface area (Å²) < 4.78 is 0. The molecule has 1 rings (SSSR count). The van der Waals surface area contributed by atoms with E-state index in [1.54, 1.807) is 7.05 Å². The molecule has 54 valence electrons. The minimum atomic E-state index is 0.682. The third-order valence-electron chi connectivity index (χ3n) is 1.18. The number of aliphatic imine (C=N–C) groups is 1. The number of amidine groups is 1. The first-order chi connectivity index (χ1) is 4.88. The lowest BCUT2D eigenvalue weighted by Crippen LogP contribution is -2.04. The third kappa shape index (κ3) is 1.21. The molecule has 1 aliphatic rings. The van der Waals surface area contributed by atoms with Crippen molar-refractivity contribution in [3.63, 3.8) is 0 Å². The van der Waals surface area contributed by atoms with E-state index in [1.807, 2.05) is 6.08 Å². The molecule has 10 heavy (non-hydrogen) atoms. The first kappa shape index (κ1) is 6.92.